The van der Waals surface area contributed by atoms with Crippen molar-refractivity contribution in [1.29, 1.82) is 0 Å². The van der Waals surface area contributed by atoms with Gasteiger partial charge in [-0.2, -0.15) is 0 Å². The lowest BCUT2D eigenvalue weighted by molar-refractivity contribution is -0.135. The summed E-state index contributed by atoms with van der Waals surface area (Å²) in [4.78, 5) is 18.5. The number of carbonyl (C=O) groups excluding carboxylic acids is 1. The quantitative estimate of drug-likeness (QED) is 0.945. The highest BCUT2D eigenvalue weighted by Gasteiger charge is 2.34. The average Bonchev–Trinajstić information content (AvgIpc) is 3.04. The van der Waals surface area contributed by atoms with Crippen molar-refractivity contribution in [2.75, 3.05) is 7.05 Å². The molecule has 3 rings (SSSR count). The molecule has 1 amide bonds. The van der Waals surface area contributed by atoms with Crippen LogP contribution in [0.25, 0.3) is 10.2 Å². The van der Waals surface area contributed by atoms with Crippen molar-refractivity contribution in [3.63, 3.8) is 0 Å². The zero-order chi connectivity index (χ0) is 14.9. The number of thiazole rings is 1. The number of para-hydroxylation sites is 1. The Bertz CT molecular complexity index is 614. The number of hydrogen-bond donors (Lipinski definition) is 1. The van der Waals surface area contributed by atoms with E-state index in [1.807, 2.05) is 24.3 Å². The van der Waals surface area contributed by atoms with E-state index in [4.69, 9.17) is 0 Å². The van der Waals surface area contributed by atoms with Gasteiger partial charge in [0.15, 0.2) is 0 Å². The van der Waals surface area contributed by atoms with Crippen molar-refractivity contribution in [3.8, 4) is 0 Å². The topological polar surface area (TPSA) is 53.4 Å². The molecule has 0 saturated heterocycles. The van der Waals surface area contributed by atoms with Gasteiger partial charge in [0.1, 0.15) is 5.01 Å². The lowest BCUT2D eigenvalue weighted by Gasteiger charge is -2.24. The van der Waals surface area contributed by atoms with Crippen molar-refractivity contribution >= 4 is 27.5 Å². The minimum Gasteiger partial charge on any atom is -0.389 e. The standard InChI is InChI=1S/C16H20N2O2S/c1-18(15(19)10-16(20)8-4-5-9-16)11-14-17-12-6-2-3-7-13(12)21-14/h2-3,6-7,20H,4-5,8-11H2,1H3. The summed E-state index contributed by atoms with van der Waals surface area (Å²) >= 11 is 1.62. The Hall–Kier alpha value is -1.46. The lowest BCUT2D eigenvalue weighted by atomic mass is 9.97. The van der Waals surface area contributed by atoms with Crippen molar-refractivity contribution in [3.05, 3.63) is 29.3 Å². The number of rotatable bonds is 4. The van der Waals surface area contributed by atoms with E-state index < -0.39 is 5.60 Å². The van der Waals surface area contributed by atoms with Crippen LogP contribution in [0.5, 0.6) is 0 Å². The first-order chi connectivity index (χ1) is 10.1. The van der Waals surface area contributed by atoms with Gasteiger partial charge in [0.2, 0.25) is 5.91 Å². The zero-order valence-electron chi connectivity index (χ0n) is 12.2. The molecule has 0 bridgehead atoms. The Morgan fingerprint density at radius 2 is 2.10 bits per heavy atom. The third kappa shape index (κ3) is 3.24. The molecule has 2 aromatic rings. The maximum Gasteiger partial charge on any atom is 0.225 e. The number of amides is 1. The van der Waals surface area contributed by atoms with Gasteiger partial charge in [-0.25, -0.2) is 4.98 Å². The smallest absolute Gasteiger partial charge is 0.225 e. The van der Waals surface area contributed by atoms with Crippen LogP contribution in [-0.2, 0) is 11.3 Å². The number of nitrogens with zero attached hydrogens (tertiary/aromatic N) is 2. The molecule has 1 aromatic carbocycles. The maximum atomic E-state index is 12.3. The molecule has 0 atom stereocenters. The number of aromatic nitrogens is 1. The van der Waals surface area contributed by atoms with Gasteiger partial charge < -0.3 is 10.0 Å². The first kappa shape index (κ1) is 14.5. The molecule has 112 valence electrons. The summed E-state index contributed by atoms with van der Waals surface area (Å²) in [7, 11) is 1.78. The van der Waals surface area contributed by atoms with Crippen molar-refractivity contribution < 1.29 is 9.90 Å². The van der Waals surface area contributed by atoms with E-state index in [2.05, 4.69) is 4.98 Å². The van der Waals surface area contributed by atoms with E-state index in [9.17, 15) is 9.90 Å². The van der Waals surface area contributed by atoms with Gasteiger partial charge in [-0.05, 0) is 25.0 Å². The molecule has 1 saturated carbocycles. The molecule has 1 fully saturated rings. The highest BCUT2D eigenvalue weighted by atomic mass is 32.1. The van der Waals surface area contributed by atoms with Gasteiger partial charge in [0.25, 0.3) is 0 Å². The number of benzene rings is 1. The summed E-state index contributed by atoms with van der Waals surface area (Å²) in [5.74, 6) is -0.00124. The van der Waals surface area contributed by atoms with Crippen LogP contribution in [0.3, 0.4) is 0 Å². The van der Waals surface area contributed by atoms with Gasteiger partial charge in [0, 0.05) is 7.05 Å². The Morgan fingerprint density at radius 1 is 1.38 bits per heavy atom. The second-order valence-electron chi connectivity index (χ2n) is 5.93. The molecular weight excluding hydrogens is 284 g/mol. The highest BCUT2D eigenvalue weighted by Crippen LogP contribution is 2.33. The minimum atomic E-state index is -0.779. The molecule has 0 aliphatic heterocycles. The Balaban J connectivity index is 1.65. The van der Waals surface area contributed by atoms with Crippen LogP contribution < -0.4 is 0 Å². The van der Waals surface area contributed by atoms with E-state index in [0.29, 0.717) is 6.54 Å². The normalized spacial score (nSPS) is 17.2. The van der Waals surface area contributed by atoms with E-state index in [-0.39, 0.29) is 12.3 Å². The van der Waals surface area contributed by atoms with Crippen molar-refractivity contribution in [2.24, 2.45) is 0 Å². The molecule has 1 heterocycles. The second kappa shape index (κ2) is 5.73. The van der Waals surface area contributed by atoms with Gasteiger partial charge in [-0.15, -0.1) is 11.3 Å². The fourth-order valence-electron chi connectivity index (χ4n) is 2.90. The molecule has 1 aliphatic carbocycles. The molecule has 1 aliphatic rings. The van der Waals surface area contributed by atoms with E-state index in [0.717, 1.165) is 40.9 Å². The summed E-state index contributed by atoms with van der Waals surface area (Å²) in [6, 6.07) is 7.99. The van der Waals surface area contributed by atoms with Crippen molar-refractivity contribution in [2.45, 2.75) is 44.2 Å². The fraction of sp³-hybridized carbons (Fsp3) is 0.500. The maximum absolute atomic E-state index is 12.3. The van der Waals surface area contributed by atoms with Crippen LogP contribution in [-0.4, -0.2) is 33.5 Å². The second-order valence-corrected chi connectivity index (χ2v) is 7.05. The molecule has 4 nitrogen and oxygen atoms in total. The van der Waals surface area contributed by atoms with Gasteiger partial charge >= 0.3 is 0 Å². The van der Waals surface area contributed by atoms with Crippen LogP contribution in [0.1, 0.15) is 37.1 Å². The summed E-state index contributed by atoms with van der Waals surface area (Å²) in [5, 5.41) is 11.3. The molecular formula is C16H20N2O2S. The van der Waals surface area contributed by atoms with E-state index >= 15 is 0 Å². The van der Waals surface area contributed by atoms with Gasteiger partial charge in [0.05, 0.1) is 28.8 Å². The van der Waals surface area contributed by atoms with Crippen LogP contribution in [0.4, 0.5) is 0 Å². The van der Waals surface area contributed by atoms with Gasteiger partial charge in [-0.3, -0.25) is 4.79 Å². The molecule has 21 heavy (non-hydrogen) atoms. The Morgan fingerprint density at radius 3 is 2.81 bits per heavy atom. The SMILES string of the molecule is CN(Cc1nc2ccccc2s1)C(=O)CC1(O)CCCC1. The fourth-order valence-corrected chi connectivity index (χ4v) is 3.93. The molecule has 0 spiro atoms. The molecule has 1 aromatic heterocycles. The summed E-state index contributed by atoms with van der Waals surface area (Å²) in [5.41, 5.74) is 0.201. The van der Waals surface area contributed by atoms with E-state index in [1.54, 1.807) is 23.3 Å². The Labute approximate surface area is 128 Å². The minimum absolute atomic E-state index is 0.00124. The number of aliphatic hydroxyl groups is 1. The molecule has 1 N–H and O–H groups in total. The summed E-state index contributed by atoms with van der Waals surface area (Å²) in [6.07, 6.45) is 3.76. The molecule has 5 heteroatoms. The molecule has 0 radical (unpaired) electrons. The molecule has 0 unspecified atom stereocenters. The van der Waals surface area contributed by atoms with Crippen LogP contribution in [0, 0.1) is 0 Å². The summed E-state index contributed by atoms with van der Waals surface area (Å²) < 4.78 is 1.14. The number of hydrogen-bond acceptors (Lipinski definition) is 4. The predicted octanol–water partition coefficient (Wildman–Crippen LogP) is 2.95. The van der Waals surface area contributed by atoms with E-state index in [1.165, 1.54) is 0 Å². The van der Waals surface area contributed by atoms with Crippen LogP contribution in [0.15, 0.2) is 24.3 Å². The average molecular weight is 304 g/mol. The van der Waals surface area contributed by atoms with Crippen LogP contribution in [0.2, 0.25) is 0 Å². The first-order valence-corrected chi connectivity index (χ1v) is 8.18. The number of fused-ring (bicyclic) bond motifs is 1. The third-order valence-corrected chi connectivity index (χ3v) is 5.17. The summed E-state index contributed by atoms with van der Waals surface area (Å²) in [6.45, 7) is 0.508. The van der Waals surface area contributed by atoms with Crippen LogP contribution >= 0.6 is 11.3 Å². The first-order valence-electron chi connectivity index (χ1n) is 7.37. The third-order valence-electron chi connectivity index (χ3n) is 4.15. The highest BCUT2D eigenvalue weighted by molar-refractivity contribution is 7.18. The lowest BCUT2D eigenvalue weighted by Crippen LogP contribution is -2.35. The monoisotopic (exact) mass is 304 g/mol. The zero-order valence-corrected chi connectivity index (χ0v) is 13.0. The number of carbonyl (C=O) groups is 1. The largest absolute Gasteiger partial charge is 0.389 e. The van der Waals surface area contributed by atoms with Gasteiger partial charge in [-0.1, -0.05) is 25.0 Å². The predicted molar refractivity (Wildman–Crippen MR) is 84.1 cm³/mol. The van der Waals surface area contributed by atoms with Crippen molar-refractivity contribution in [1.82, 2.24) is 9.88 Å². The Kier molecular flexibility index (Phi) is 3.95.